The molecule has 0 radical (unpaired) electrons. The smallest absolute Gasteiger partial charge is 0.305 e. The zero-order chi connectivity index (χ0) is 18.2. The van der Waals surface area contributed by atoms with Crippen LogP contribution >= 0.6 is 11.8 Å². The highest BCUT2D eigenvalue weighted by Crippen LogP contribution is 2.13. The van der Waals surface area contributed by atoms with E-state index < -0.39 is 17.1 Å². The number of nitrogens with one attached hydrogen (secondary N) is 3. The topological polar surface area (TPSA) is 100 Å². The number of rotatable bonds is 6. The molecule has 0 aliphatic rings. The van der Waals surface area contributed by atoms with Gasteiger partial charge in [0.25, 0.3) is 5.91 Å². The Hall–Kier alpha value is -2.74. The van der Waals surface area contributed by atoms with Crippen molar-refractivity contribution in [1.29, 1.82) is 0 Å². The first kappa shape index (κ1) is 18.6. The summed E-state index contributed by atoms with van der Waals surface area (Å²) in [7, 11) is 0. The average Bonchev–Trinajstić information content (AvgIpc) is 3.14. The van der Waals surface area contributed by atoms with Crippen LogP contribution in [0.3, 0.4) is 0 Å². The highest BCUT2D eigenvalue weighted by atomic mass is 32.2. The summed E-state index contributed by atoms with van der Waals surface area (Å²) in [5, 5.41) is 2.25. The molecule has 0 aliphatic carbocycles. The Morgan fingerprint density at radius 3 is 2.48 bits per heavy atom. The van der Waals surface area contributed by atoms with E-state index in [2.05, 4.69) is 16.2 Å². The molecule has 0 spiro atoms. The van der Waals surface area contributed by atoms with E-state index in [-0.39, 0.29) is 17.4 Å². The molecule has 1 atom stereocenters. The van der Waals surface area contributed by atoms with E-state index in [4.69, 9.17) is 4.42 Å². The third-order valence-corrected chi connectivity index (χ3v) is 4.36. The highest BCUT2D eigenvalue weighted by Gasteiger charge is 2.17. The van der Waals surface area contributed by atoms with Crippen LogP contribution in [0.25, 0.3) is 0 Å². The van der Waals surface area contributed by atoms with Crippen molar-refractivity contribution < 1.29 is 18.8 Å². The molecular formula is C17H19N3O4S. The number of anilines is 1. The monoisotopic (exact) mass is 361 g/mol. The van der Waals surface area contributed by atoms with Crippen LogP contribution in [-0.2, 0) is 9.59 Å². The Morgan fingerprint density at radius 1 is 1.12 bits per heavy atom. The number of furan rings is 1. The van der Waals surface area contributed by atoms with E-state index in [1.807, 2.05) is 31.2 Å². The normalized spacial score (nSPS) is 11.4. The molecule has 25 heavy (non-hydrogen) atoms. The predicted molar refractivity (Wildman–Crippen MR) is 96.0 cm³/mol. The number of hydrogen-bond donors (Lipinski definition) is 3. The molecular weight excluding hydrogens is 342 g/mol. The van der Waals surface area contributed by atoms with E-state index in [0.717, 1.165) is 5.56 Å². The zero-order valence-electron chi connectivity index (χ0n) is 13.9. The summed E-state index contributed by atoms with van der Waals surface area (Å²) in [5.74, 6) is -0.943. The van der Waals surface area contributed by atoms with Crippen molar-refractivity contribution in [1.82, 2.24) is 10.9 Å². The summed E-state index contributed by atoms with van der Waals surface area (Å²) < 4.78 is 4.91. The lowest BCUT2D eigenvalue weighted by Crippen LogP contribution is -2.45. The molecule has 3 N–H and O–H groups in total. The van der Waals surface area contributed by atoms with Crippen LogP contribution in [-0.4, -0.2) is 28.7 Å². The van der Waals surface area contributed by atoms with Gasteiger partial charge in [-0.3, -0.25) is 25.2 Å². The predicted octanol–water partition coefficient (Wildman–Crippen LogP) is 2.11. The maximum atomic E-state index is 11.9. The average molecular weight is 361 g/mol. The van der Waals surface area contributed by atoms with Crippen LogP contribution in [0.4, 0.5) is 5.69 Å². The van der Waals surface area contributed by atoms with E-state index in [1.165, 1.54) is 24.1 Å². The number of carbonyl (C=O) groups is 3. The van der Waals surface area contributed by atoms with E-state index in [9.17, 15) is 14.4 Å². The van der Waals surface area contributed by atoms with Crippen LogP contribution in [0.5, 0.6) is 0 Å². The molecule has 2 aromatic rings. The quantitative estimate of drug-likeness (QED) is 0.684. The molecule has 1 heterocycles. The number of carbonyl (C=O) groups excluding carboxylic acids is 3. The number of thioether (sulfide) groups is 1. The lowest BCUT2D eigenvalue weighted by atomic mass is 10.2. The van der Waals surface area contributed by atoms with Crippen molar-refractivity contribution in [3.63, 3.8) is 0 Å². The Labute approximate surface area is 149 Å². The third-order valence-electron chi connectivity index (χ3n) is 3.21. The Bertz CT molecular complexity index is 729. The molecule has 0 bridgehead atoms. The van der Waals surface area contributed by atoms with Crippen molar-refractivity contribution >= 4 is 35.2 Å². The lowest BCUT2D eigenvalue weighted by molar-refractivity contribution is -0.121. The first-order valence-electron chi connectivity index (χ1n) is 7.57. The van der Waals surface area contributed by atoms with Gasteiger partial charge >= 0.3 is 5.91 Å². The lowest BCUT2D eigenvalue weighted by Gasteiger charge is -2.12. The fraction of sp³-hybridized carbons (Fsp3) is 0.235. The minimum atomic E-state index is -0.548. The molecule has 1 aromatic heterocycles. The second-order valence-electron chi connectivity index (χ2n) is 5.29. The largest absolute Gasteiger partial charge is 0.459 e. The summed E-state index contributed by atoms with van der Waals surface area (Å²) in [5.41, 5.74) is 6.36. The fourth-order valence-corrected chi connectivity index (χ4v) is 2.48. The van der Waals surface area contributed by atoms with Crippen LogP contribution in [0.1, 0.15) is 23.0 Å². The molecule has 1 aromatic carbocycles. The molecule has 7 nitrogen and oxygen atoms in total. The van der Waals surface area contributed by atoms with Crippen molar-refractivity contribution in [2.45, 2.75) is 19.1 Å². The summed E-state index contributed by atoms with van der Waals surface area (Å²) >= 11 is 1.17. The standard InChI is InChI=1S/C17H19N3O4S/c1-11-5-7-13(8-6-11)18-15(21)10-25-12(2)16(22)19-20-17(23)14-4-3-9-24-14/h3-9,12H,10H2,1-2H3,(H,18,21)(H,19,22)(H,20,23)/t12-/m1/s1. The van der Waals surface area contributed by atoms with E-state index in [0.29, 0.717) is 5.69 Å². The van der Waals surface area contributed by atoms with Gasteiger partial charge in [-0.1, -0.05) is 17.7 Å². The van der Waals surface area contributed by atoms with E-state index in [1.54, 1.807) is 13.0 Å². The van der Waals surface area contributed by atoms with Gasteiger partial charge in [0.2, 0.25) is 5.91 Å². The van der Waals surface area contributed by atoms with Gasteiger partial charge in [0.15, 0.2) is 5.76 Å². The first-order valence-corrected chi connectivity index (χ1v) is 8.62. The maximum Gasteiger partial charge on any atom is 0.305 e. The van der Waals surface area contributed by atoms with Gasteiger partial charge in [0.05, 0.1) is 17.3 Å². The molecule has 2 rings (SSSR count). The van der Waals surface area contributed by atoms with Crippen molar-refractivity contribution in [2.75, 3.05) is 11.1 Å². The van der Waals surface area contributed by atoms with Gasteiger partial charge < -0.3 is 9.73 Å². The third kappa shape index (κ3) is 6.00. The molecule has 0 unspecified atom stereocenters. The summed E-state index contributed by atoms with van der Waals surface area (Å²) in [6, 6.07) is 10.5. The summed E-state index contributed by atoms with van der Waals surface area (Å²) in [6.07, 6.45) is 1.36. The number of hydrazine groups is 1. The number of benzene rings is 1. The minimum absolute atomic E-state index is 0.0954. The number of aryl methyl sites for hydroxylation is 1. The first-order chi connectivity index (χ1) is 12.0. The second-order valence-corrected chi connectivity index (χ2v) is 6.62. The second kappa shape index (κ2) is 8.93. The molecule has 0 aliphatic heterocycles. The fourth-order valence-electron chi connectivity index (χ4n) is 1.80. The Morgan fingerprint density at radius 2 is 1.84 bits per heavy atom. The van der Waals surface area contributed by atoms with Gasteiger partial charge in [-0.15, -0.1) is 11.8 Å². The van der Waals surface area contributed by atoms with Crippen LogP contribution in [0.2, 0.25) is 0 Å². The highest BCUT2D eigenvalue weighted by molar-refractivity contribution is 8.01. The van der Waals surface area contributed by atoms with E-state index >= 15 is 0 Å². The molecule has 132 valence electrons. The maximum absolute atomic E-state index is 11.9. The van der Waals surface area contributed by atoms with Gasteiger partial charge in [0.1, 0.15) is 0 Å². The molecule has 8 heteroatoms. The van der Waals surface area contributed by atoms with Crippen molar-refractivity contribution in [2.24, 2.45) is 0 Å². The van der Waals surface area contributed by atoms with Crippen LogP contribution in [0, 0.1) is 6.92 Å². The van der Waals surface area contributed by atoms with Gasteiger partial charge in [-0.2, -0.15) is 0 Å². The Kier molecular flexibility index (Phi) is 6.64. The van der Waals surface area contributed by atoms with Crippen LogP contribution in [0.15, 0.2) is 47.1 Å². The number of hydrogen-bond acceptors (Lipinski definition) is 5. The molecule has 3 amide bonds. The summed E-state index contributed by atoms with van der Waals surface area (Å²) in [6.45, 7) is 3.62. The molecule has 0 saturated heterocycles. The zero-order valence-corrected chi connectivity index (χ0v) is 14.7. The van der Waals surface area contributed by atoms with Gasteiger partial charge in [-0.05, 0) is 38.1 Å². The van der Waals surface area contributed by atoms with Gasteiger partial charge in [0, 0.05) is 5.69 Å². The number of amides is 3. The van der Waals surface area contributed by atoms with Crippen LogP contribution < -0.4 is 16.2 Å². The summed E-state index contributed by atoms with van der Waals surface area (Å²) in [4.78, 5) is 35.5. The minimum Gasteiger partial charge on any atom is -0.459 e. The Balaban J connectivity index is 1.70. The molecule has 0 fully saturated rings. The van der Waals surface area contributed by atoms with Gasteiger partial charge in [-0.25, -0.2) is 0 Å². The molecule has 0 saturated carbocycles. The van der Waals surface area contributed by atoms with Crippen molar-refractivity contribution in [3.8, 4) is 0 Å². The SMILES string of the molecule is Cc1ccc(NC(=O)CS[C@H](C)C(=O)NNC(=O)c2ccco2)cc1. The van der Waals surface area contributed by atoms with Crippen molar-refractivity contribution in [3.05, 3.63) is 54.0 Å².